The molecule has 0 aliphatic carbocycles. The second kappa shape index (κ2) is 6.72. The summed E-state index contributed by atoms with van der Waals surface area (Å²) in [6.07, 6.45) is 2.43. The molecule has 1 atom stereocenters. The lowest BCUT2D eigenvalue weighted by Gasteiger charge is -2.19. The molecule has 0 aliphatic rings. The summed E-state index contributed by atoms with van der Waals surface area (Å²) in [4.78, 5) is 4.39. The second-order valence-electron chi connectivity index (χ2n) is 5.49. The topological polar surface area (TPSA) is 52.0 Å². The summed E-state index contributed by atoms with van der Waals surface area (Å²) in [5.74, 6) is 1.91. The zero-order valence-electron chi connectivity index (χ0n) is 13.4. The molecular weight excluding hydrogens is 264 g/mol. The zero-order valence-corrected chi connectivity index (χ0v) is 13.4. The minimum Gasteiger partial charge on any atom is -0.496 e. The van der Waals surface area contributed by atoms with Crippen LogP contribution in [0.25, 0.3) is 0 Å². The van der Waals surface area contributed by atoms with Crippen LogP contribution in [0.3, 0.4) is 0 Å². The highest BCUT2D eigenvalue weighted by molar-refractivity contribution is 5.37. The molecule has 1 aromatic carbocycles. The van der Waals surface area contributed by atoms with E-state index < -0.39 is 0 Å². The first-order valence-corrected chi connectivity index (χ1v) is 7.27. The quantitative estimate of drug-likeness (QED) is 0.888. The summed E-state index contributed by atoms with van der Waals surface area (Å²) >= 11 is 0. The van der Waals surface area contributed by atoms with E-state index in [1.807, 2.05) is 17.8 Å². The predicted molar refractivity (Wildman–Crippen MR) is 83.6 cm³/mol. The molecular formula is C16H24N4O. The van der Waals surface area contributed by atoms with E-state index >= 15 is 0 Å². The molecule has 1 unspecified atom stereocenters. The monoisotopic (exact) mass is 288 g/mol. The molecule has 1 N–H and O–H groups in total. The van der Waals surface area contributed by atoms with Crippen molar-refractivity contribution in [3.63, 3.8) is 0 Å². The van der Waals surface area contributed by atoms with Gasteiger partial charge in [-0.2, -0.15) is 5.10 Å². The zero-order chi connectivity index (χ0) is 15.4. The van der Waals surface area contributed by atoms with Crippen molar-refractivity contribution in [3.05, 3.63) is 41.5 Å². The molecule has 5 heteroatoms. The normalized spacial score (nSPS) is 12.7. The first-order valence-electron chi connectivity index (χ1n) is 7.27. The fourth-order valence-corrected chi connectivity index (χ4v) is 2.54. The summed E-state index contributed by atoms with van der Waals surface area (Å²) in [6, 6.07) is 6.80. The van der Waals surface area contributed by atoms with Crippen LogP contribution < -0.4 is 10.1 Å². The van der Waals surface area contributed by atoms with E-state index in [4.69, 9.17) is 4.74 Å². The van der Waals surface area contributed by atoms with Gasteiger partial charge >= 0.3 is 0 Å². The molecule has 2 aromatic rings. The summed E-state index contributed by atoms with van der Waals surface area (Å²) < 4.78 is 7.30. The van der Waals surface area contributed by atoms with E-state index in [1.165, 1.54) is 5.56 Å². The number of nitrogens with one attached hydrogen (secondary N) is 1. The van der Waals surface area contributed by atoms with Crippen molar-refractivity contribution in [1.82, 2.24) is 20.1 Å². The van der Waals surface area contributed by atoms with Crippen LogP contribution in [0.5, 0.6) is 5.75 Å². The van der Waals surface area contributed by atoms with Gasteiger partial charge in [0.05, 0.1) is 7.11 Å². The van der Waals surface area contributed by atoms with Gasteiger partial charge in [0.1, 0.15) is 17.9 Å². The Morgan fingerprint density at radius 2 is 2.10 bits per heavy atom. The standard InChI is InChI=1S/C16H24N4O/c1-11(2)20-16(18-10-19-20)9-14(17-4)13-6-7-15(21-5)12(3)8-13/h6-8,10-11,14,17H,9H2,1-5H3. The van der Waals surface area contributed by atoms with Crippen LogP contribution in [0, 0.1) is 6.92 Å². The molecule has 5 nitrogen and oxygen atoms in total. The number of aryl methyl sites for hydroxylation is 1. The van der Waals surface area contributed by atoms with Crippen molar-refractivity contribution >= 4 is 0 Å². The Morgan fingerprint density at radius 1 is 1.33 bits per heavy atom. The third-order valence-corrected chi connectivity index (χ3v) is 3.69. The number of rotatable bonds is 6. The van der Waals surface area contributed by atoms with E-state index in [9.17, 15) is 0 Å². The lowest BCUT2D eigenvalue weighted by Crippen LogP contribution is -2.21. The lowest BCUT2D eigenvalue weighted by atomic mass is 10.0. The van der Waals surface area contributed by atoms with E-state index in [0.29, 0.717) is 6.04 Å². The molecule has 0 saturated heterocycles. The molecule has 0 spiro atoms. The van der Waals surface area contributed by atoms with Crippen LogP contribution >= 0.6 is 0 Å². The molecule has 0 bridgehead atoms. The number of benzene rings is 1. The lowest BCUT2D eigenvalue weighted by molar-refractivity contribution is 0.411. The molecule has 114 valence electrons. The molecule has 21 heavy (non-hydrogen) atoms. The minimum absolute atomic E-state index is 0.205. The van der Waals surface area contributed by atoms with E-state index in [0.717, 1.165) is 23.6 Å². The first kappa shape index (κ1) is 15.5. The molecule has 0 radical (unpaired) electrons. The van der Waals surface area contributed by atoms with Crippen LogP contribution in [-0.2, 0) is 6.42 Å². The van der Waals surface area contributed by atoms with Crippen LogP contribution in [0.4, 0.5) is 0 Å². The average Bonchev–Trinajstić information content (AvgIpc) is 2.93. The number of likely N-dealkylation sites (N-methyl/N-ethyl adjacent to an activating group) is 1. The van der Waals surface area contributed by atoms with E-state index in [-0.39, 0.29) is 6.04 Å². The van der Waals surface area contributed by atoms with Crippen molar-refractivity contribution < 1.29 is 4.74 Å². The SMILES string of the molecule is CNC(Cc1ncnn1C(C)C)c1ccc(OC)c(C)c1. The van der Waals surface area contributed by atoms with Crippen LogP contribution in [0.15, 0.2) is 24.5 Å². The molecule has 0 fully saturated rings. The van der Waals surface area contributed by atoms with Gasteiger partial charge in [0.15, 0.2) is 0 Å². The maximum atomic E-state index is 5.32. The largest absolute Gasteiger partial charge is 0.496 e. The van der Waals surface area contributed by atoms with Gasteiger partial charge in [-0.3, -0.25) is 0 Å². The van der Waals surface area contributed by atoms with Gasteiger partial charge in [-0.25, -0.2) is 9.67 Å². The van der Waals surface area contributed by atoms with Crippen molar-refractivity contribution in [2.24, 2.45) is 0 Å². The van der Waals surface area contributed by atoms with Crippen LogP contribution in [-0.4, -0.2) is 28.9 Å². The Balaban J connectivity index is 2.23. The van der Waals surface area contributed by atoms with E-state index in [1.54, 1.807) is 13.4 Å². The van der Waals surface area contributed by atoms with Gasteiger partial charge in [0.25, 0.3) is 0 Å². The molecule has 0 saturated carbocycles. The van der Waals surface area contributed by atoms with Gasteiger partial charge in [-0.1, -0.05) is 12.1 Å². The molecule has 1 heterocycles. The average molecular weight is 288 g/mol. The van der Waals surface area contributed by atoms with Crippen molar-refractivity contribution in [2.75, 3.05) is 14.2 Å². The maximum absolute atomic E-state index is 5.32. The third-order valence-electron chi connectivity index (χ3n) is 3.69. The van der Waals surface area contributed by atoms with Gasteiger partial charge in [-0.15, -0.1) is 0 Å². The predicted octanol–water partition coefficient (Wildman–Crippen LogP) is 2.68. The summed E-state index contributed by atoms with van der Waals surface area (Å²) in [5.41, 5.74) is 2.37. The van der Waals surface area contributed by atoms with Crippen LogP contribution in [0.2, 0.25) is 0 Å². The number of ether oxygens (including phenoxy) is 1. The Kier molecular flexibility index (Phi) is 4.96. The highest BCUT2D eigenvalue weighted by atomic mass is 16.5. The molecule has 1 aromatic heterocycles. The number of methoxy groups -OCH3 is 1. The minimum atomic E-state index is 0.205. The van der Waals surface area contributed by atoms with Crippen LogP contribution in [0.1, 0.15) is 42.9 Å². The Hall–Kier alpha value is -1.88. The van der Waals surface area contributed by atoms with Crippen molar-refractivity contribution in [1.29, 1.82) is 0 Å². The maximum Gasteiger partial charge on any atom is 0.138 e. The van der Waals surface area contributed by atoms with Gasteiger partial charge < -0.3 is 10.1 Å². The smallest absolute Gasteiger partial charge is 0.138 e. The van der Waals surface area contributed by atoms with Gasteiger partial charge in [-0.05, 0) is 45.0 Å². The Morgan fingerprint density at radius 3 is 2.67 bits per heavy atom. The fraction of sp³-hybridized carbons (Fsp3) is 0.500. The highest BCUT2D eigenvalue weighted by Crippen LogP contribution is 2.24. The highest BCUT2D eigenvalue weighted by Gasteiger charge is 2.16. The first-order chi connectivity index (χ1) is 10.1. The van der Waals surface area contributed by atoms with Crippen molar-refractivity contribution in [3.8, 4) is 5.75 Å². The Bertz CT molecular complexity index is 592. The molecule has 2 rings (SSSR count). The number of hydrogen-bond donors (Lipinski definition) is 1. The fourth-order valence-electron chi connectivity index (χ4n) is 2.54. The van der Waals surface area contributed by atoms with Gasteiger partial charge in [0, 0.05) is 18.5 Å². The summed E-state index contributed by atoms with van der Waals surface area (Å²) in [6.45, 7) is 6.29. The second-order valence-corrected chi connectivity index (χ2v) is 5.49. The van der Waals surface area contributed by atoms with E-state index in [2.05, 4.69) is 48.3 Å². The summed E-state index contributed by atoms with van der Waals surface area (Å²) in [7, 11) is 3.67. The number of nitrogens with zero attached hydrogens (tertiary/aromatic N) is 3. The van der Waals surface area contributed by atoms with Crippen molar-refractivity contribution in [2.45, 2.75) is 39.3 Å². The van der Waals surface area contributed by atoms with Gasteiger partial charge in [0.2, 0.25) is 0 Å². The third kappa shape index (κ3) is 3.42. The number of hydrogen-bond acceptors (Lipinski definition) is 4. The summed E-state index contributed by atoms with van der Waals surface area (Å²) in [5, 5.41) is 7.66. The molecule has 0 amide bonds. The Labute approximate surface area is 126 Å². The number of aromatic nitrogens is 3. The molecule has 0 aliphatic heterocycles.